The molecule has 4 rings (SSSR count). The van der Waals surface area contributed by atoms with Gasteiger partial charge in [0, 0.05) is 5.56 Å². The van der Waals surface area contributed by atoms with E-state index < -0.39 is 11.6 Å². The molecule has 0 heterocycles. The molecule has 0 nitrogen and oxygen atoms in total. The van der Waals surface area contributed by atoms with E-state index in [1.165, 1.54) is 50.7 Å². The smallest absolute Gasteiger partial charge is 0.159 e. The van der Waals surface area contributed by atoms with Gasteiger partial charge >= 0.3 is 0 Å². The van der Waals surface area contributed by atoms with Crippen molar-refractivity contribution in [3.05, 3.63) is 83.7 Å². The Labute approximate surface area is 189 Å². The molecule has 0 radical (unpaired) electrons. The normalized spacial score (nSPS) is 18.6. The summed E-state index contributed by atoms with van der Waals surface area (Å²) in [4.78, 5) is 0. The molecule has 3 aromatic carbocycles. The monoisotopic (exact) mass is 436 g/mol. The van der Waals surface area contributed by atoms with Crippen LogP contribution in [0, 0.1) is 23.4 Å². The van der Waals surface area contributed by atoms with Crippen LogP contribution in [0.3, 0.4) is 0 Å². The second kappa shape index (κ2) is 10.4. The van der Waals surface area contributed by atoms with E-state index in [0.717, 1.165) is 30.4 Å². The first kappa shape index (κ1) is 22.6. The summed E-state index contributed by atoms with van der Waals surface area (Å²) >= 11 is 0. The van der Waals surface area contributed by atoms with Gasteiger partial charge in [-0.2, -0.15) is 0 Å². The van der Waals surface area contributed by atoms with E-state index in [1.807, 2.05) is 36.4 Å². The molecule has 32 heavy (non-hydrogen) atoms. The molecule has 1 saturated carbocycles. The molecule has 1 aliphatic carbocycles. The molecule has 1 fully saturated rings. The number of halogens is 3. The molecule has 1 aliphatic rings. The SMILES string of the molecule is CCCCCC1CCC(c2ccc(-c3ccccc3-c3ccc(F)c(F)c3)c(F)c2)CC1. The highest BCUT2D eigenvalue weighted by Crippen LogP contribution is 2.40. The Morgan fingerprint density at radius 2 is 1.44 bits per heavy atom. The molecule has 0 unspecified atom stereocenters. The van der Waals surface area contributed by atoms with Gasteiger partial charge in [0.15, 0.2) is 11.6 Å². The van der Waals surface area contributed by atoms with E-state index in [-0.39, 0.29) is 5.82 Å². The van der Waals surface area contributed by atoms with Gasteiger partial charge in [-0.25, -0.2) is 13.2 Å². The summed E-state index contributed by atoms with van der Waals surface area (Å²) in [6, 6.07) is 16.7. The Morgan fingerprint density at radius 3 is 2.12 bits per heavy atom. The predicted octanol–water partition coefficient (Wildman–Crippen LogP) is 9.29. The minimum atomic E-state index is -0.904. The van der Waals surface area contributed by atoms with E-state index >= 15 is 4.39 Å². The number of hydrogen-bond donors (Lipinski definition) is 0. The van der Waals surface area contributed by atoms with Gasteiger partial charge in [0.05, 0.1) is 0 Å². The molecule has 3 heteroatoms. The highest BCUT2D eigenvalue weighted by molar-refractivity contribution is 5.83. The number of benzene rings is 3. The van der Waals surface area contributed by atoms with E-state index in [9.17, 15) is 8.78 Å². The quantitative estimate of drug-likeness (QED) is 0.324. The van der Waals surface area contributed by atoms with Crippen LogP contribution in [0.4, 0.5) is 13.2 Å². The average Bonchev–Trinajstić information content (AvgIpc) is 2.81. The van der Waals surface area contributed by atoms with Gasteiger partial charge in [-0.15, -0.1) is 0 Å². The Morgan fingerprint density at radius 1 is 0.688 bits per heavy atom. The Hall–Kier alpha value is -2.55. The highest BCUT2D eigenvalue weighted by atomic mass is 19.2. The summed E-state index contributed by atoms with van der Waals surface area (Å²) in [7, 11) is 0. The van der Waals surface area contributed by atoms with E-state index in [2.05, 4.69) is 6.92 Å². The van der Waals surface area contributed by atoms with Crippen LogP contribution >= 0.6 is 0 Å². The summed E-state index contributed by atoms with van der Waals surface area (Å²) in [5, 5.41) is 0. The third-order valence-corrected chi connectivity index (χ3v) is 6.98. The minimum absolute atomic E-state index is 0.261. The van der Waals surface area contributed by atoms with Crippen LogP contribution in [0.15, 0.2) is 60.7 Å². The van der Waals surface area contributed by atoms with Crippen molar-refractivity contribution in [1.82, 2.24) is 0 Å². The summed E-state index contributed by atoms with van der Waals surface area (Å²) in [5.41, 5.74) is 3.46. The second-order valence-corrected chi connectivity index (χ2v) is 9.13. The van der Waals surface area contributed by atoms with Gasteiger partial charge in [-0.05, 0) is 78.0 Å². The van der Waals surface area contributed by atoms with Crippen molar-refractivity contribution in [3.8, 4) is 22.3 Å². The fraction of sp³-hybridized carbons (Fsp3) is 0.379. The highest BCUT2D eigenvalue weighted by Gasteiger charge is 2.23. The third-order valence-electron chi connectivity index (χ3n) is 6.98. The van der Waals surface area contributed by atoms with Crippen molar-refractivity contribution in [2.24, 2.45) is 5.92 Å². The minimum Gasteiger partial charge on any atom is -0.206 e. The number of unbranched alkanes of at least 4 members (excludes halogenated alkanes) is 2. The average molecular weight is 437 g/mol. The maximum absolute atomic E-state index is 15.3. The van der Waals surface area contributed by atoms with Crippen molar-refractivity contribution in [2.45, 2.75) is 64.2 Å². The molecule has 0 bridgehead atoms. The fourth-order valence-corrected chi connectivity index (χ4v) is 5.10. The fourth-order valence-electron chi connectivity index (χ4n) is 5.10. The Kier molecular flexibility index (Phi) is 7.34. The first-order valence-corrected chi connectivity index (χ1v) is 11.9. The lowest BCUT2D eigenvalue weighted by molar-refractivity contribution is 0.302. The van der Waals surface area contributed by atoms with E-state index in [1.54, 1.807) is 6.07 Å². The Bertz CT molecular complexity index is 1050. The van der Waals surface area contributed by atoms with Crippen LogP contribution in [-0.2, 0) is 0 Å². The number of hydrogen-bond acceptors (Lipinski definition) is 0. The molecule has 0 atom stereocenters. The van der Waals surface area contributed by atoms with Gasteiger partial charge in [-0.1, -0.05) is 75.1 Å². The van der Waals surface area contributed by atoms with Crippen LogP contribution in [0.25, 0.3) is 22.3 Å². The van der Waals surface area contributed by atoms with Crippen molar-refractivity contribution >= 4 is 0 Å². The van der Waals surface area contributed by atoms with Crippen molar-refractivity contribution in [2.75, 3.05) is 0 Å². The lowest BCUT2D eigenvalue weighted by Crippen LogP contribution is -2.13. The second-order valence-electron chi connectivity index (χ2n) is 9.13. The van der Waals surface area contributed by atoms with Crippen LogP contribution in [0.2, 0.25) is 0 Å². The van der Waals surface area contributed by atoms with Crippen LogP contribution < -0.4 is 0 Å². The van der Waals surface area contributed by atoms with Crippen LogP contribution in [-0.4, -0.2) is 0 Å². The zero-order valence-electron chi connectivity index (χ0n) is 18.7. The van der Waals surface area contributed by atoms with Gasteiger partial charge < -0.3 is 0 Å². The molecule has 0 amide bonds. The first-order valence-electron chi connectivity index (χ1n) is 11.9. The maximum atomic E-state index is 15.3. The summed E-state index contributed by atoms with van der Waals surface area (Å²) in [6.45, 7) is 2.24. The summed E-state index contributed by atoms with van der Waals surface area (Å²) in [6.07, 6.45) is 9.95. The zero-order chi connectivity index (χ0) is 22.5. The summed E-state index contributed by atoms with van der Waals surface area (Å²) < 4.78 is 42.5. The zero-order valence-corrected chi connectivity index (χ0v) is 18.7. The summed E-state index contributed by atoms with van der Waals surface area (Å²) in [5.74, 6) is -0.810. The van der Waals surface area contributed by atoms with Gasteiger partial charge in [0.1, 0.15) is 5.82 Å². The Balaban J connectivity index is 1.53. The molecule has 0 saturated heterocycles. The van der Waals surface area contributed by atoms with Crippen molar-refractivity contribution < 1.29 is 13.2 Å². The molecule has 3 aromatic rings. The van der Waals surface area contributed by atoms with E-state index in [0.29, 0.717) is 28.2 Å². The van der Waals surface area contributed by atoms with Crippen LogP contribution in [0.5, 0.6) is 0 Å². The molecule has 0 spiro atoms. The predicted molar refractivity (Wildman–Crippen MR) is 126 cm³/mol. The first-order chi connectivity index (χ1) is 15.6. The van der Waals surface area contributed by atoms with Gasteiger partial charge in [0.2, 0.25) is 0 Å². The molecule has 168 valence electrons. The third kappa shape index (κ3) is 5.09. The molecule has 0 aliphatic heterocycles. The lowest BCUT2D eigenvalue weighted by atomic mass is 9.77. The maximum Gasteiger partial charge on any atom is 0.159 e. The molecular weight excluding hydrogens is 405 g/mol. The number of rotatable bonds is 7. The molecule has 0 N–H and O–H groups in total. The topological polar surface area (TPSA) is 0 Å². The lowest BCUT2D eigenvalue weighted by Gasteiger charge is -2.29. The molecular formula is C29H31F3. The van der Waals surface area contributed by atoms with E-state index in [4.69, 9.17) is 0 Å². The van der Waals surface area contributed by atoms with Gasteiger partial charge in [-0.3, -0.25) is 0 Å². The van der Waals surface area contributed by atoms with Crippen molar-refractivity contribution in [1.29, 1.82) is 0 Å². The van der Waals surface area contributed by atoms with Gasteiger partial charge in [0.25, 0.3) is 0 Å². The largest absolute Gasteiger partial charge is 0.206 e. The standard InChI is InChI=1S/C29H31F3/c1-2-3-4-7-20-10-12-21(13-11-20)22-14-16-26(28(31)18-22)25-9-6-5-8-24(25)23-15-17-27(30)29(32)19-23/h5-6,8-9,14-21H,2-4,7,10-13H2,1H3. The van der Waals surface area contributed by atoms with Crippen LogP contribution in [0.1, 0.15) is 69.8 Å². The molecule has 0 aromatic heterocycles. The van der Waals surface area contributed by atoms with Crippen molar-refractivity contribution in [3.63, 3.8) is 0 Å².